The van der Waals surface area contributed by atoms with Crippen molar-refractivity contribution in [2.75, 3.05) is 17.7 Å². The van der Waals surface area contributed by atoms with E-state index in [9.17, 15) is 9.59 Å². The molecule has 0 unspecified atom stereocenters. The van der Waals surface area contributed by atoms with Gasteiger partial charge in [-0.2, -0.15) is 0 Å². The molecule has 0 bridgehead atoms. The average molecular weight is 390 g/mol. The van der Waals surface area contributed by atoms with E-state index in [0.717, 1.165) is 29.7 Å². The van der Waals surface area contributed by atoms with Gasteiger partial charge in [-0.15, -0.1) is 23.1 Å². The standard InChI is InChI=1S/C20H23NO3S2/c1-3-24-20(23)18-15-10-9-13(2)11-16(15)26-19(18)21-17(22)12-25-14-7-5-4-6-8-14/h4-8,13H,3,9-12H2,1-2H3,(H,21,22)/t13-/m1/s1. The van der Waals surface area contributed by atoms with Crippen molar-refractivity contribution in [2.24, 2.45) is 5.92 Å². The third kappa shape index (κ3) is 4.48. The Balaban J connectivity index is 1.75. The first kappa shape index (κ1) is 19.0. The van der Waals surface area contributed by atoms with E-state index in [-0.39, 0.29) is 11.9 Å². The second kappa shape index (κ2) is 8.73. The zero-order valence-corrected chi connectivity index (χ0v) is 16.7. The molecule has 0 saturated carbocycles. The van der Waals surface area contributed by atoms with Gasteiger partial charge in [0.25, 0.3) is 0 Å². The van der Waals surface area contributed by atoms with Crippen molar-refractivity contribution >= 4 is 40.0 Å². The molecular weight excluding hydrogens is 366 g/mol. The molecule has 1 atom stereocenters. The van der Waals surface area contributed by atoms with Gasteiger partial charge in [-0.3, -0.25) is 4.79 Å². The fraction of sp³-hybridized carbons (Fsp3) is 0.400. The van der Waals surface area contributed by atoms with Crippen molar-refractivity contribution in [1.29, 1.82) is 0 Å². The van der Waals surface area contributed by atoms with Gasteiger partial charge in [0.1, 0.15) is 5.00 Å². The number of thioether (sulfide) groups is 1. The van der Waals surface area contributed by atoms with E-state index in [1.54, 1.807) is 6.92 Å². The molecule has 1 N–H and O–H groups in total. The van der Waals surface area contributed by atoms with Gasteiger partial charge in [-0.05, 0) is 49.8 Å². The number of benzene rings is 1. The first-order valence-electron chi connectivity index (χ1n) is 8.87. The van der Waals surface area contributed by atoms with E-state index in [0.29, 0.717) is 28.8 Å². The Morgan fingerprint density at radius 2 is 2.08 bits per heavy atom. The highest BCUT2D eigenvalue weighted by Crippen LogP contribution is 2.40. The molecule has 1 aliphatic rings. The van der Waals surface area contributed by atoms with Crippen LogP contribution in [0.1, 0.15) is 41.1 Å². The molecule has 26 heavy (non-hydrogen) atoms. The van der Waals surface area contributed by atoms with Crippen molar-refractivity contribution in [2.45, 2.75) is 38.0 Å². The summed E-state index contributed by atoms with van der Waals surface area (Å²) in [6, 6.07) is 9.81. The monoisotopic (exact) mass is 389 g/mol. The summed E-state index contributed by atoms with van der Waals surface area (Å²) < 4.78 is 5.24. The summed E-state index contributed by atoms with van der Waals surface area (Å²) in [4.78, 5) is 27.1. The van der Waals surface area contributed by atoms with Gasteiger partial charge in [-0.25, -0.2) is 4.79 Å². The summed E-state index contributed by atoms with van der Waals surface area (Å²) in [7, 11) is 0. The lowest BCUT2D eigenvalue weighted by molar-refractivity contribution is -0.113. The van der Waals surface area contributed by atoms with Gasteiger partial charge in [0.15, 0.2) is 0 Å². The normalized spacial score (nSPS) is 16.0. The number of hydrogen-bond acceptors (Lipinski definition) is 5. The Kier molecular flexibility index (Phi) is 6.38. The van der Waals surface area contributed by atoms with Crippen LogP contribution in [0.15, 0.2) is 35.2 Å². The predicted molar refractivity (Wildman–Crippen MR) is 107 cm³/mol. The van der Waals surface area contributed by atoms with Crippen LogP contribution in [0.3, 0.4) is 0 Å². The van der Waals surface area contributed by atoms with Crippen molar-refractivity contribution in [3.05, 3.63) is 46.3 Å². The maximum absolute atomic E-state index is 12.5. The first-order valence-corrected chi connectivity index (χ1v) is 10.7. The molecule has 0 fully saturated rings. The van der Waals surface area contributed by atoms with Gasteiger partial charge in [0.2, 0.25) is 5.91 Å². The van der Waals surface area contributed by atoms with Gasteiger partial charge >= 0.3 is 5.97 Å². The molecule has 0 aliphatic heterocycles. The molecule has 0 saturated heterocycles. The summed E-state index contributed by atoms with van der Waals surface area (Å²) in [5.41, 5.74) is 1.63. The minimum atomic E-state index is -0.328. The molecule has 138 valence electrons. The number of amides is 1. The molecule has 3 rings (SSSR count). The highest BCUT2D eigenvalue weighted by molar-refractivity contribution is 8.00. The summed E-state index contributed by atoms with van der Waals surface area (Å²) in [6.45, 7) is 4.35. The van der Waals surface area contributed by atoms with Gasteiger partial charge in [-0.1, -0.05) is 25.1 Å². The molecular formula is C20H23NO3S2. The van der Waals surface area contributed by atoms with Gasteiger partial charge < -0.3 is 10.1 Å². The zero-order chi connectivity index (χ0) is 18.5. The third-order valence-electron chi connectivity index (χ3n) is 4.36. The fourth-order valence-corrected chi connectivity index (χ4v) is 5.22. The van der Waals surface area contributed by atoms with Crippen LogP contribution < -0.4 is 5.32 Å². The van der Waals surface area contributed by atoms with Gasteiger partial charge in [0, 0.05) is 9.77 Å². The number of nitrogens with one attached hydrogen (secondary N) is 1. The molecule has 0 radical (unpaired) electrons. The van der Waals surface area contributed by atoms with Crippen molar-refractivity contribution in [3.8, 4) is 0 Å². The molecule has 1 heterocycles. The summed E-state index contributed by atoms with van der Waals surface area (Å²) in [5.74, 6) is 0.487. The summed E-state index contributed by atoms with van der Waals surface area (Å²) in [5, 5.41) is 3.59. The second-order valence-corrected chi connectivity index (χ2v) is 8.58. The number of carbonyl (C=O) groups excluding carboxylic acids is 2. The van der Waals surface area contributed by atoms with Crippen molar-refractivity contribution in [1.82, 2.24) is 0 Å². The molecule has 2 aromatic rings. The van der Waals surface area contributed by atoms with Crippen molar-refractivity contribution in [3.63, 3.8) is 0 Å². The Hall–Kier alpha value is -1.79. The highest BCUT2D eigenvalue weighted by Gasteiger charge is 2.29. The van der Waals surface area contributed by atoms with E-state index in [1.807, 2.05) is 30.3 Å². The van der Waals surface area contributed by atoms with Crippen molar-refractivity contribution < 1.29 is 14.3 Å². The SMILES string of the molecule is CCOC(=O)c1c(NC(=O)CSc2ccccc2)sc2c1CC[C@@H](C)C2. The van der Waals surface area contributed by atoms with Crippen LogP contribution in [0.4, 0.5) is 5.00 Å². The summed E-state index contributed by atoms with van der Waals surface area (Å²) >= 11 is 3.01. The molecule has 6 heteroatoms. The number of carbonyl (C=O) groups is 2. The topological polar surface area (TPSA) is 55.4 Å². The smallest absolute Gasteiger partial charge is 0.341 e. The van der Waals surface area contributed by atoms with E-state index in [4.69, 9.17) is 4.74 Å². The quantitative estimate of drug-likeness (QED) is 0.571. The van der Waals surface area contributed by atoms with E-state index >= 15 is 0 Å². The Morgan fingerprint density at radius 1 is 1.31 bits per heavy atom. The highest BCUT2D eigenvalue weighted by atomic mass is 32.2. The Labute approximate surface area is 162 Å². The van der Waals surface area contributed by atoms with Crippen LogP contribution in [-0.4, -0.2) is 24.2 Å². The van der Waals surface area contributed by atoms with E-state index in [2.05, 4.69) is 12.2 Å². The van der Waals surface area contributed by atoms with E-state index in [1.165, 1.54) is 28.0 Å². The number of ether oxygens (including phenoxy) is 1. The minimum Gasteiger partial charge on any atom is -0.462 e. The lowest BCUT2D eigenvalue weighted by Gasteiger charge is -2.18. The molecule has 4 nitrogen and oxygen atoms in total. The van der Waals surface area contributed by atoms with Crippen LogP contribution in [-0.2, 0) is 22.4 Å². The lowest BCUT2D eigenvalue weighted by atomic mass is 9.88. The number of rotatable bonds is 6. The lowest BCUT2D eigenvalue weighted by Crippen LogP contribution is -2.17. The van der Waals surface area contributed by atoms with Crippen LogP contribution in [0.25, 0.3) is 0 Å². The number of hydrogen-bond donors (Lipinski definition) is 1. The third-order valence-corrected chi connectivity index (χ3v) is 6.54. The number of esters is 1. The maximum Gasteiger partial charge on any atom is 0.341 e. The van der Waals surface area contributed by atoms with E-state index < -0.39 is 0 Å². The largest absolute Gasteiger partial charge is 0.462 e. The summed E-state index contributed by atoms with van der Waals surface area (Å²) in [6.07, 6.45) is 2.89. The Morgan fingerprint density at radius 3 is 2.81 bits per heavy atom. The molecule has 0 spiro atoms. The maximum atomic E-state index is 12.5. The first-order chi connectivity index (χ1) is 12.6. The minimum absolute atomic E-state index is 0.101. The number of fused-ring (bicyclic) bond motifs is 1. The predicted octanol–water partition coefficient (Wildman–Crippen LogP) is 4.78. The van der Waals surface area contributed by atoms with Gasteiger partial charge in [0.05, 0.1) is 17.9 Å². The van der Waals surface area contributed by atoms with Crippen LogP contribution in [0.5, 0.6) is 0 Å². The average Bonchev–Trinajstić information content (AvgIpc) is 2.98. The second-order valence-electron chi connectivity index (χ2n) is 6.43. The molecule has 1 amide bonds. The van der Waals surface area contributed by atoms with Crippen LogP contribution in [0, 0.1) is 5.92 Å². The number of anilines is 1. The zero-order valence-electron chi connectivity index (χ0n) is 15.0. The van der Waals surface area contributed by atoms with Crippen LogP contribution >= 0.6 is 23.1 Å². The Bertz CT molecular complexity index is 786. The molecule has 1 aromatic carbocycles. The number of thiophene rings is 1. The molecule has 1 aromatic heterocycles. The fourth-order valence-electron chi connectivity index (χ4n) is 3.09. The molecule has 1 aliphatic carbocycles. The van der Waals surface area contributed by atoms with Crippen LogP contribution in [0.2, 0.25) is 0 Å².